The lowest BCUT2D eigenvalue weighted by Gasteiger charge is -2.17. The highest BCUT2D eigenvalue weighted by molar-refractivity contribution is 7.92. The van der Waals surface area contributed by atoms with Crippen molar-refractivity contribution < 1.29 is 17.6 Å². The van der Waals surface area contributed by atoms with Crippen LogP contribution < -0.4 is 10.0 Å². The van der Waals surface area contributed by atoms with Crippen LogP contribution in [0.2, 0.25) is 0 Å². The summed E-state index contributed by atoms with van der Waals surface area (Å²) in [5.74, 6) is 0.565. The van der Waals surface area contributed by atoms with Crippen LogP contribution in [0.5, 0.6) is 0 Å². The second kappa shape index (κ2) is 5.88. The molecule has 0 atom stereocenters. The van der Waals surface area contributed by atoms with Crippen LogP contribution in [0.3, 0.4) is 0 Å². The van der Waals surface area contributed by atoms with Crippen LogP contribution in [0.1, 0.15) is 27.2 Å². The lowest BCUT2D eigenvalue weighted by Crippen LogP contribution is -2.32. The van der Waals surface area contributed by atoms with Gasteiger partial charge in [-0.05, 0) is 61.7 Å². The van der Waals surface area contributed by atoms with Gasteiger partial charge in [-0.1, -0.05) is 6.07 Å². The predicted molar refractivity (Wildman–Crippen MR) is 99.0 cm³/mol. The SMILES string of the molecule is Cc1oc2ccc(NS(=O)(=O)c3ccc4c(c3)C(=O)NCC4)cc2c1C. The third-order valence-corrected chi connectivity index (χ3v) is 6.12. The van der Waals surface area contributed by atoms with E-state index >= 15 is 0 Å². The van der Waals surface area contributed by atoms with E-state index in [0.29, 0.717) is 29.8 Å². The Balaban J connectivity index is 1.70. The van der Waals surface area contributed by atoms with Crippen LogP contribution in [0.15, 0.2) is 45.7 Å². The molecule has 1 aliphatic rings. The Kier molecular flexibility index (Phi) is 3.77. The first kappa shape index (κ1) is 16.7. The monoisotopic (exact) mass is 370 g/mol. The summed E-state index contributed by atoms with van der Waals surface area (Å²) in [7, 11) is -3.81. The zero-order chi connectivity index (χ0) is 18.5. The largest absolute Gasteiger partial charge is 0.461 e. The second-order valence-electron chi connectivity index (χ2n) is 6.42. The van der Waals surface area contributed by atoms with Crippen LogP contribution in [0.4, 0.5) is 5.69 Å². The third kappa shape index (κ3) is 2.74. The minimum absolute atomic E-state index is 0.0634. The molecule has 0 spiro atoms. The van der Waals surface area contributed by atoms with E-state index < -0.39 is 10.0 Å². The van der Waals surface area contributed by atoms with Crippen molar-refractivity contribution in [3.63, 3.8) is 0 Å². The fourth-order valence-electron chi connectivity index (χ4n) is 3.18. The van der Waals surface area contributed by atoms with Crippen LogP contribution in [-0.2, 0) is 16.4 Å². The number of benzene rings is 2. The van der Waals surface area contributed by atoms with E-state index in [4.69, 9.17) is 4.42 Å². The summed E-state index contributed by atoms with van der Waals surface area (Å²) in [6, 6.07) is 9.82. The van der Waals surface area contributed by atoms with Crippen LogP contribution in [-0.4, -0.2) is 20.9 Å². The maximum absolute atomic E-state index is 12.8. The molecule has 0 fully saturated rings. The van der Waals surface area contributed by atoms with Crippen molar-refractivity contribution in [1.29, 1.82) is 0 Å². The van der Waals surface area contributed by atoms with E-state index in [9.17, 15) is 13.2 Å². The molecule has 7 heteroatoms. The van der Waals surface area contributed by atoms with E-state index in [2.05, 4.69) is 10.0 Å². The molecule has 0 unspecified atom stereocenters. The van der Waals surface area contributed by atoms with Gasteiger partial charge in [0.25, 0.3) is 15.9 Å². The van der Waals surface area contributed by atoms with Crippen LogP contribution in [0, 0.1) is 13.8 Å². The summed E-state index contributed by atoms with van der Waals surface area (Å²) in [5, 5.41) is 3.60. The van der Waals surface area contributed by atoms with Crippen molar-refractivity contribution >= 4 is 32.6 Å². The molecule has 4 rings (SSSR count). The first-order chi connectivity index (χ1) is 12.3. The predicted octanol–water partition coefficient (Wildman–Crippen LogP) is 3.14. The summed E-state index contributed by atoms with van der Waals surface area (Å²) in [5.41, 5.74) is 3.41. The Morgan fingerprint density at radius 3 is 2.73 bits per heavy atom. The molecule has 1 aromatic heterocycles. The molecular formula is C19H18N2O4S. The number of nitrogens with one attached hydrogen (secondary N) is 2. The maximum atomic E-state index is 12.8. The number of fused-ring (bicyclic) bond motifs is 2. The average molecular weight is 370 g/mol. The summed E-state index contributed by atoms with van der Waals surface area (Å²) in [6.45, 7) is 4.37. The zero-order valence-electron chi connectivity index (χ0n) is 14.4. The number of hydrogen-bond donors (Lipinski definition) is 2. The summed E-state index contributed by atoms with van der Waals surface area (Å²) in [4.78, 5) is 12.0. The molecular weight excluding hydrogens is 352 g/mol. The number of carbonyl (C=O) groups excluding carboxylic acids is 1. The molecule has 2 N–H and O–H groups in total. The number of furan rings is 1. The minimum atomic E-state index is -3.81. The standard InChI is InChI=1S/C19H18N2O4S/c1-11-12(2)25-18-6-4-14(9-16(11)18)21-26(23,24)15-5-3-13-7-8-20-19(22)17(13)10-15/h3-6,9-10,21H,7-8H2,1-2H3,(H,20,22). The Morgan fingerprint density at radius 2 is 1.92 bits per heavy atom. The molecule has 2 aromatic carbocycles. The van der Waals surface area contributed by atoms with E-state index in [1.54, 1.807) is 24.3 Å². The van der Waals surface area contributed by atoms with Crippen molar-refractivity contribution in [2.45, 2.75) is 25.2 Å². The summed E-state index contributed by atoms with van der Waals surface area (Å²) >= 11 is 0. The van der Waals surface area contributed by atoms with Gasteiger partial charge in [-0.3, -0.25) is 9.52 Å². The van der Waals surface area contributed by atoms with Gasteiger partial charge in [-0.15, -0.1) is 0 Å². The van der Waals surface area contributed by atoms with Crippen molar-refractivity contribution in [1.82, 2.24) is 5.32 Å². The first-order valence-electron chi connectivity index (χ1n) is 8.29. The molecule has 26 heavy (non-hydrogen) atoms. The highest BCUT2D eigenvalue weighted by atomic mass is 32.2. The molecule has 0 bridgehead atoms. The van der Waals surface area contributed by atoms with Gasteiger partial charge in [0, 0.05) is 23.2 Å². The number of aryl methyl sites for hydroxylation is 2. The van der Waals surface area contributed by atoms with Gasteiger partial charge in [0.2, 0.25) is 0 Å². The van der Waals surface area contributed by atoms with E-state index in [1.165, 1.54) is 12.1 Å². The summed E-state index contributed by atoms with van der Waals surface area (Å²) < 4.78 is 33.7. The molecule has 1 aliphatic heterocycles. The fourth-order valence-corrected chi connectivity index (χ4v) is 4.25. The van der Waals surface area contributed by atoms with E-state index in [0.717, 1.165) is 22.3 Å². The Morgan fingerprint density at radius 1 is 1.12 bits per heavy atom. The van der Waals surface area contributed by atoms with E-state index in [-0.39, 0.29) is 10.8 Å². The number of carbonyl (C=O) groups is 1. The summed E-state index contributed by atoms with van der Waals surface area (Å²) in [6.07, 6.45) is 0.699. The molecule has 2 heterocycles. The molecule has 0 aliphatic carbocycles. The topological polar surface area (TPSA) is 88.4 Å². The maximum Gasteiger partial charge on any atom is 0.261 e. The second-order valence-corrected chi connectivity index (χ2v) is 8.11. The van der Waals surface area contributed by atoms with Gasteiger partial charge in [0.1, 0.15) is 11.3 Å². The lowest BCUT2D eigenvalue weighted by molar-refractivity contribution is 0.0945. The average Bonchev–Trinajstić information content (AvgIpc) is 2.89. The normalized spacial score (nSPS) is 14.2. The van der Waals surface area contributed by atoms with E-state index in [1.807, 2.05) is 13.8 Å². The van der Waals surface area contributed by atoms with Gasteiger partial charge in [-0.25, -0.2) is 8.42 Å². The Bertz CT molecular complexity index is 1150. The molecule has 0 radical (unpaired) electrons. The Hall–Kier alpha value is -2.80. The van der Waals surface area contributed by atoms with Gasteiger partial charge >= 0.3 is 0 Å². The molecule has 0 saturated heterocycles. The lowest BCUT2D eigenvalue weighted by atomic mass is 10.0. The van der Waals surface area contributed by atoms with Crippen molar-refractivity contribution in [3.05, 3.63) is 58.8 Å². The molecule has 134 valence electrons. The highest BCUT2D eigenvalue weighted by Gasteiger charge is 2.22. The zero-order valence-corrected chi connectivity index (χ0v) is 15.2. The van der Waals surface area contributed by atoms with Crippen molar-refractivity contribution in [2.24, 2.45) is 0 Å². The third-order valence-electron chi connectivity index (χ3n) is 4.74. The number of sulfonamides is 1. The van der Waals surface area contributed by atoms with Crippen molar-refractivity contribution in [3.8, 4) is 0 Å². The molecule has 0 saturated carbocycles. The smallest absolute Gasteiger partial charge is 0.261 e. The fraction of sp³-hybridized carbons (Fsp3) is 0.211. The van der Waals surface area contributed by atoms with Gasteiger partial charge < -0.3 is 9.73 Å². The molecule has 3 aromatic rings. The number of hydrogen-bond acceptors (Lipinski definition) is 4. The highest BCUT2D eigenvalue weighted by Crippen LogP contribution is 2.28. The number of rotatable bonds is 3. The molecule has 1 amide bonds. The minimum Gasteiger partial charge on any atom is -0.461 e. The van der Waals surface area contributed by atoms with Crippen LogP contribution in [0.25, 0.3) is 11.0 Å². The molecule has 6 nitrogen and oxygen atoms in total. The number of anilines is 1. The Labute approximate surface area is 151 Å². The van der Waals surface area contributed by atoms with Crippen molar-refractivity contribution in [2.75, 3.05) is 11.3 Å². The van der Waals surface area contributed by atoms with Gasteiger partial charge in [0.15, 0.2) is 0 Å². The van der Waals surface area contributed by atoms with Gasteiger partial charge in [0.05, 0.1) is 4.90 Å². The van der Waals surface area contributed by atoms with Crippen LogP contribution >= 0.6 is 0 Å². The van der Waals surface area contributed by atoms with Gasteiger partial charge in [-0.2, -0.15) is 0 Å². The number of amides is 1. The quantitative estimate of drug-likeness (QED) is 0.741. The first-order valence-corrected chi connectivity index (χ1v) is 9.77.